The second-order valence-corrected chi connectivity index (χ2v) is 5.54. The van der Waals surface area contributed by atoms with Gasteiger partial charge in [0, 0.05) is 19.6 Å². The van der Waals surface area contributed by atoms with Crippen LogP contribution in [0.3, 0.4) is 0 Å². The topological polar surface area (TPSA) is 15.7 Å². The summed E-state index contributed by atoms with van der Waals surface area (Å²) in [5, 5.41) is 0. The Morgan fingerprint density at radius 2 is 1.82 bits per heavy atom. The van der Waals surface area contributed by atoms with E-state index in [9.17, 15) is 0 Å². The monoisotopic (exact) mass is 240 g/mol. The number of piperidine rings is 1. The van der Waals surface area contributed by atoms with Crippen LogP contribution in [0, 0.1) is 5.92 Å². The lowest BCUT2D eigenvalue weighted by Crippen LogP contribution is -2.46. The van der Waals surface area contributed by atoms with Gasteiger partial charge < -0.3 is 9.64 Å². The standard InChI is InChI=1S/C14H28N2O/c1-3-14-12-16(9-10-17-14)11-13-5-7-15(4-2)8-6-13/h13-14H,3-12H2,1-2H3/t14-/m0/s1. The summed E-state index contributed by atoms with van der Waals surface area (Å²) in [6, 6.07) is 0. The van der Waals surface area contributed by atoms with Crippen LogP contribution in [-0.4, -0.2) is 61.8 Å². The highest BCUT2D eigenvalue weighted by Gasteiger charge is 2.24. The van der Waals surface area contributed by atoms with E-state index in [1.54, 1.807) is 0 Å². The number of ether oxygens (including phenoxy) is 1. The normalized spacial score (nSPS) is 29.6. The molecule has 0 amide bonds. The van der Waals surface area contributed by atoms with Crippen LogP contribution in [-0.2, 0) is 4.74 Å². The van der Waals surface area contributed by atoms with Crippen molar-refractivity contribution in [2.75, 3.05) is 45.9 Å². The fraction of sp³-hybridized carbons (Fsp3) is 1.00. The Balaban J connectivity index is 1.70. The van der Waals surface area contributed by atoms with Crippen molar-refractivity contribution in [1.29, 1.82) is 0 Å². The van der Waals surface area contributed by atoms with Crippen molar-refractivity contribution in [3.8, 4) is 0 Å². The van der Waals surface area contributed by atoms with Crippen LogP contribution in [0.25, 0.3) is 0 Å². The Morgan fingerprint density at radius 3 is 2.47 bits per heavy atom. The lowest BCUT2D eigenvalue weighted by atomic mass is 9.96. The first-order chi connectivity index (χ1) is 8.31. The van der Waals surface area contributed by atoms with E-state index < -0.39 is 0 Å². The van der Waals surface area contributed by atoms with Crippen LogP contribution in [0.5, 0.6) is 0 Å². The van der Waals surface area contributed by atoms with E-state index in [4.69, 9.17) is 4.74 Å². The zero-order chi connectivity index (χ0) is 12.1. The first-order valence-electron chi connectivity index (χ1n) is 7.38. The van der Waals surface area contributed by atoms with Crippen LogP contribution in [0.1, 0.15) is 33.1 Å². The maximum absolute atomic E-state index is 5.73. The van der Waals surface area contributed by atoms with E-state index in [1.807, 2.05) is 0 Å². The summed E-state index contributed by atoms with van der Waals surface area (Å²) in [5.74, 6) is 0.924. The summed E-state index contributed by atoms with van der Waals surface area (Å²) in [6.07, 6.45) is 4.42. The molecule has 2 fully saturated rings. The number of likely N-dealkylation sites (tertiary alicyclic amines) is 1. The number of morpholine rings is 1. The van der Waals surface area contributed by atoms with E-state index in [0.717, 1.165) is 32.0 Å². The first kappa shape index (κ1) is 13.3. The Morgan fingerprint density at radius 1 is 1.06 bits per heavy atom. The van der Waals surface area contributed by atoms with Gasteiger partial charge in [-0.2, -0.15) is 0 Å². The average Bonchev–Trinajstić information content (AvgIpc) is 2.40. The summed E-state index contributed by atoms with van der Waals surface area (Å²) >= 11 is 0. The summed E-state index contributed by atoms with van der Waals surface area (Å²) in [7, 11) is 0. The van der Waals surface area contributed by atoms with Gasteiger partial charge in [-0.05, 0) is 44.8 Å². The molecule has 17 heavy (non-hydrogen) atoms. The zero-order valence-corrected chi connectivity index (χ0v) is 11.5. The molecular formula is C14H28N2O. The zero-order valence-electron chi connectivity index (χ0n) is 11.5. The van der Waals surface area contributed by atoms with Crippen molar-refractivity contribution in [3.05, 3.63) is 0 Å². The van der Waals surface area contributed by atoms with Crippen molar-refractivity contribution < 1.29 is 4.74 Å². The highest BCUT2D eigenvalue weighted by molar-refractivity contribution is 4.77. The summed E-state index contributed by atoms with van der Waals surface area (Å²) in [5.41, 5.74) is 0. The molecule has 0 radical (unpaired) electrons. The molecule has 0 N–H and O–H groups in total. The minimum Gasteiger partial charge on any atom is -0.376 e. The summed E-state index contributed by atoms with van der Waals surface area (Å²) in [4.78, 5) is 5.20. The highest BCUT2D eigenvalue weighted by Crippen LogP contribution is 2.19. The van der Waals surface area contributed by atoms with Crippen LogP contribution in [0.2, 0.25) is 0 Å². The van der Waals surface area contributed by atoms with Gasteiger partial charge in [0.2, 0.25) is 0 Å². The van der Waals surface area contributed by atoms with Gasteiger partial charge in [-0.25, -0.2) is 0 Å². The van der Waals surface area contributed by atoms with Gasteiger partial charge in [-0.3, -0.25) is 4.90 Å². The maximum Gasteiger partial charge on any atom is 0.0700 e. The molecule has 0 unspecified atom stereocenters. The fourth-order valence-corrected chi connectivity index (χ4v) is 3.04. The Bertz CT molecular complexity index is 214. The second kappa shape index (κ2) is 6.72. The molecule has 3 heteroatoms. The molecule has 2 aliphatic rings. The van der Waals surface area contributed by atoms with E-state index in [1.165, 1.54) is 39.0 Å². The van der Waals surface area contributed by atoms with Gasteiger partial charge in [0.25, 0.3) is 0 Å². The van der Waals surface area contributed by atoms with E-state index >= 15 is 0 Å². The third-order valence-electron chi connectivity index (χ3n) is 4.35. The predicted molar refractivity (Wildman–Crippen MR) is 71.3 cm³/mol. The minimum atomic E-state index is 0.486. The van der Waals surface area contributed by atoms with Crippen LogP contribution < -0.4 is 0 Å². The molecule has 0 bridgehead atoms. The molecule has 0 saturated carbocycles. The quantitative estimate of drug-likeness (QED) is 0.745. The number of nitrogens with zero attached hydrogens (tertiary/aromatic N) is 2. The fourth-order valence-electron chi connectivity index (χ4n) is 3.04. The molecule has 100 valence electrons. The van der Waals surface area contributed by atoms with Crippen molar-refractivity contribution in [1.82, 2.24) is 9.80 Å². The Hall–Kier alpha value is -0.120. The number of rotatable bonds is 4. The van der Waals surface area contributed by atoms with Gasteiger partial charge in [-0.1, -0.05) is 13.8 Å². The maximum atomic E-state index is 5.73. The van der Waals surface area contributed by atoms with Crippen molar-refractivity contribution in [2.24, 2.45) is 5.92 Å². The summed E-state index contributed by atoms with van der Waals surface area (Å²) < 4.78 is 5.73. The molecule has 0 aromatic carbocycles. The summed E-state index contributed by atoms with van der Waals surface area (Å²) in [6.45, 7) is 12.9. The van der Waals surface area contributed by atoms with Crippen molar-refractivity contribution in [3.63, 3.8) is 0 Å². The van der Waals surface area contributed by atoms with Gasteiger partial charge in [0.1, 0.15) is 0 Å². The number of hydrogen-bond acceptors (Lipinski definition) is 3. The molecule has 1 atom stereocenters. The highest BCUT2D eigenvalue weighted by atomic mass is 16.5. The molecule has 0 spiro atoms. The SMILES string of the molecule is CC[C@H]1CN(CC2CCN(CC)CC2)CCO1. The Labute approximate surface area is 106 Å². The third-order valence-corrected chi connectivity index (χ3v) is 4.35. The van der Waals surface area contributed by atoms with Gasteiger partial charge >= 0.3 is 0 Å². The van der Waals surface area contributed by atoms with Crippen molar-refractivity contribution >= 4 is 0 Å². The predicted octanol–water partition coefficient (Wildman–Crippen LogP) is 1.83. The number of hydrogen-bond donors (Lipinski definition) is 0. The minimum absolute atomic E-state index is 0.486. The molecule has 0 aromatic heterocycles. The van der Waals surface area contributed by atoms with Gasteiger partial charge in [0.05, 0.1) is 12.7 Å². The second-order valence-electron chi connectivity index (χ2n) is 5.54. The van der Waals surface area contributed by atoms with Gasteiger partial charge in [-0.15, -0.1) is 0 Å². The average molecular weight is 240 g/mol. The third kappa shape index (κ3) is 3.94. The lowest BCUT2D eigenvalue weighted by molar-refractivity contribution is -0.0366. The van der Waals surface area contributed by atoms with Crippen molar-refractivity contribution in [2.45, 2.75) is 39.2 Å². The smallest absolute Gasteiger partial charge is 0.0700 e. The molecule has 0 aromatic rings. The Kier molecular flexibility index (Phi) is 5.26. The van der Waals surface area contributed by atoms with E-state index in [0.29, 0.717) is 6.10 Å². The molecule has 2 heterocycles. The van der Waals surface area contributed by atoms with Crippen LogP contribution in [0.15, 0.2) is 0 Å². The molecule has 0 aliphatic carbocycles. The first-order valence-corrected chi connectivity index (χ1v) is 7.38. The molecule has 2 aliphatic heterocycles. The molecule has 2 rings (SSSR count). The lowest BCUT2D eigenvalue weighted by Gasteiger charge is -2.37. The molecule has 2 saturated heterocycles. The molecule has 3 nitrogen and oxygen atoms in total. The molecular weight excluding hydrogens is 212 g/mol. The van der Waals surface area contributed by atoms with Gasteiger partial charge in [0.15, 0.2) is 0 Å². The van der Waals surface area contributed by atoms with E-state index in [-0.39, 0.29) is 0 Å². The van der Waals surface area contributed by atoms with E-state index in [2.05, 4.69) is 23.6 Å². The van der Waals surface area contributed by atoms with Crippen LogP contribution in [0.4, 0.5) is 0 Å². The largest absolute Gasteiger partial charge is 0.376 e. The van der Waals surface area contributed by atoms with Crippen LogP contribution >= 0.6 is 0 Å².